The van der Waals surface area contributed by atoms with Crippen LogP contribution in [0.2, 0.25) is 5.02 Å². The Morgan fingerprint density at radius 3 is 2.50 bits per heavy atom. The van der Waals surface area contributed by atoms with Gasteiger partial charge in [-0.3, -0.25) is 9.59 Å². The fraction of sp³-hybridized carbons (Fsp3) is 0.176. The first-order valence-electron chi connectivity index (χ1n) is 6.86. The van der Waals surface area contributed by atoms with E-state index in [-0.39, 0.29) is 17.2 Å². The average Bonchev–Trinajstić information content (AvgIpc) is 2.53. The Balaban J connectivity index is 1.82. The summed E-state index contributed by atoms with van der Waals surface area (Å²) < 4.78 is 0. The van der Waals surface area contributed by atoms with Crippen LogP contribution in [0.5, 0.6) is 5.75 Å². The second-order valence-corrected chi connectivity index (χ2v) is 5.35. The van der Waals surface area contributed by atoms with E-state index < -0.39 is 0 Å². The van der Waals surface area contributed by atoms with Crippen molar-refractivity contribution < 1.29 is 14.7 Å². The van der Waals surface area contributed by atoms with E-state index >= 15 is 0 Å². The Kier molecular flexibility index (Phi) is 5.55. The number of carbonyl (C=O) groups is 2. The zero-order valence-corrected chi connectivity index (χ0v) is 12.6. The predicted molar refractivity (Wildman–Crippen MR) is 85.1 cm³/mol. The molecule has 2 aromatic carbocycles. The van der Waals surface area contributed by atoms with Crippen LogP contribution in [0.4, 0.5) is 0 Å². The molecule has 0 bridgehead atoms. The number of aldehydes is 1. The molecule has 0 spiro atoms. The van der Waals surface area contributed by atoms with Gasteiger partial charge in [-0.25, -0.2) is 0 Å². The van der Waals surface area contributed by atoms with Gasteiger partial charge in [0.2, 0.25) is 5.91 Å². The van der Waals surface area contributed by atoms with Gasteiger partial charge < -0.3 is 10.4 Å². The maximum absolute atomic E-state index is 11.8. The van der Waals surface area contributed by atoms with Gasteiger partial charge in [0.15, 0.2) is 6.29 Å². The van der Waals surface area contributed by atoms with Gasteiger partial charge in [0.25, 0.3) is 0 Å². The largest absolute Gasteiger partial charge is 0.507 e. The third kappa shape index (κ3) is 4.60. The fourth-order valence-corrected chi connectivity index (χ4v) is 2.13. The molecule has 2 aromatic rings. The lowest BCUT2D eigenvalue weighted by Gasteiger charge is -2.06. The summed E-state index contributed by atoms with van der Waals surface area (Å²) >= 11 is 5.80. The van der Waals surface area contributed by atoms with Crippen molar-refractivity contribution in [2.75, 3.05) is 0 Å². The van der Waals surface area contributed by atoms with Crippen molar-refractivity contribution in [2.24, 2.45) is 0 Å². The third-order valence-corrected chi connectivity index (χ3v) is 3.51. The number of phenols is 1. The zero-order chi connectivity index (χ0) is 15.9. The predicted octanol–water partition coefficient (Wildman–Crippen LogP) is 3.11. The van der Waals surface area contributed by atoms with Gasteiger partial charge in [-0.2, -0.15) is 0 Å². The van der Waals surface area contributed by atoms with Crippen molar-refractivity contribution in [3.63, 3.8) is 0 Å². The van der Waals surface area contributed by atoms with Crippen molar-refractivity contribution in [1.29, 1.82) is 0 Å². The van der Waals surface area contributed by atoms with E-state index in [1.54, 1.807) is 24.3 Å². The Labute approximate surface area is 133 Å². The number of rotatable bonds is 6. The summed E-state index contributed by atoms with van der Waals surface area (Å²) in [5.41, 5.74) is 2.05. The minimum Gasteiger partial charge on any atom is -0.507 e. The molecule has 114 valence electrons. The SMILES string of the molecule is O=Cc1cc(CCC(=O)NCc2ccc(Cl)cc2)ccc1O. The second kappa shape index (κ2) is 7.61. The van der Waals surface area contributed by atoms with Crippen LogP contribution in [0.25, 0.3) is 0 Å². The highest BCUT2D eigenvalue weighted by molar-refractivity contribution is 6.30. The highest BCUT2D eigenvalue weighted by Gasteiger charge is 2.05. The molecule has 4 nitrogen and oxygen atoms in total. The number of hydrogen-bond acceptors (Lipinski definition) is 3. The normalized spacial score (nSPS) is 10.2. The first-order chi connectivity index (χ1) is 10.6. The summed E-state index contributed by atoms with van der Waals surface area (Å²) in [7, 11) is 0. The molecule has 0 fully saturated rings. The van der Waals surface area contributed by atoms with Crippen molar-refractivity contribution in [3.05, 3.63) is 64.2 Å². The van der Waals surface area contributed by atoms with E-state index in [4.69, 9.17) is 11.6 Å². The summed E-state index contributed by atoms with van der Waals surface area (Å²) in [4.78, 5) is 22.6. The molecule has 0 saturated heterocycles. The number of nitrogens with one attached hydrogen (secondary N) is 1. The average molecular weight is 318 g/mol. The molecule has 0 aliphatic heterocycles. The molecule has 22 heavy (non-hydrogen) atoms. The van der Waals surface area contributed by atoms with Gasteiger partial charge in [0.1, 0.15) is 5.75 Å². The lowest BCUT2D eigenvalue weighted by atomic mass is 10.1. The van der Waals surface area contributed by atoms with E-state index in [2.05, 4.69) is 5.32 Å². The second-order valence-electron chi connectivity index (χ2n) is 4.91. The summed E-state index contributed by atoms with van der Waals surface area (Å²) in [6.45, 7) is 0.450. The molecule has 0 unspecified atom stereocenters. The van der Waals surface area contributed by atoms with Crippen LogP contribution in [0, 0.1) is 0 Å². The van der Waals surface area contributed by atoms with Crippen molar-refractivity contribution >= 4 is 23.8 Å². The first-order valence-corrected chi connectivity index (χ1v) is 7.24. The molecule has 0 aromatic heterocycles. The molecule has 2 N–H and O–H groups in total. The maximum atomic E-state index is 11.8. The molecule has 0 aliphatic carbocycles. The van der Waals surface area contributed by atoms with Crippen LogP contribution < -0.4 is 5.32 Å². The highest BCUT2D eigenvalue weighted by Crippen LogP contribution is 2.17. The van der Waals surface area contributed by atoms with Crippen molar-refractivity contribution in [3.8, 4) is 5.75 Å². The van der Waals surface area contributed by atoms with Gasteiger partial charge in [-0.15, -0.1) is 0 Å². The van der Waals surface area contributed by atoms with Gasteiger partial charge in [0, 0.05) is 18.0 Å². The number of carbonyl (C=O) groups excluding carboxylic acids is 2. The quantitative estimate of drug-likeness (QED) is 0.804. The molecule has 5 heteroatoms. The maximum Gasteiger partial charge on any atom is 0.220 e. The number of hydrogen-bond donors (Lipinski definition) is 2. The lowest BCUT2D eigenvalue weighted by Crippen LogP contribution is -2.22. The van der Waals surface area contributed by atoms with Gasteiger partial charge in [-0.1, -0.05) is 29.8 Å². The summed E-state index contributed by atoms with van der Waals surface area (Å²) in [6.07, 6.45) is 1.42. The van der Waals surface area contributed by atoms with E-state index in [9.17, 15) is 14.7 Å². The molecule has 0 heterocycles. The van der Waals surface area contributed by atoms with Crippen LogP contribution >= 0.6 is 11.6 Å². The topological polar surface area (TPSA) is 66.4 Å². The highest BCUT2D eigenvalue weighted by atomic mass is 35.5. The molecule has 0 radical (unpaired) electrons. The number of benzene rings is 2. The number of aromatic hydroxyl groups is 1. The molecular formula is C17H16ClNO3. The Hall–Kier alpha value is -2.33. The molecular weight excluding hydrogens is 302 g/mol. The monoisotopic (exact) mass is 317 g/mol. The van der Waals surface area contributed by atoms with Gasteiger partial charge in [-0.05, 0) is 41.8 Å². The van der Waals surface area contributed by atoms with E-state index in [1.165, 1.54) is 6.07 Å². The third-order valence-electron chi connectivity index (χ3n) is 3.26. The summed E-state index contributed by atoms with van der Waals surface area (Å²) in [5.74, 6) is -0.124. The number of phenolic OH excluding ortho intramolecular Hbond substituents is 1. The lowest BCUT2D eigenvalue weighted by molar-refractivity contribution is -0.121. The number of halogens is 1. The summed E-state index contributed by atoms with van der Waals surface area (Å²) in [6, 6.07) is 12.0. The standard InChI is InChI=1S/C17H16ClNO3/c18-15-5-1-13(2-6-15)10-19-17(22)8-4-12-3-7-16(21)14(9-12)11-20/h1-3,5-7,9,11,21H,4,8,10H2,(H,19,22). The van der Waals surface area contributed by atoms with E-state index in [0.717, 1.165) is 11.1 Å². The van der Waals surface area contributed by atoms with E-state index in [0.29, 0.717) is 30.7 Å². The minimum absolute atomic E-state index is 0.0501. The molecule has 0 aliphatic rings. The number of aryl methyl sites for hydroxylation is 1. The van der Waals surface area contributed by atoms with Gasteiger partial charge in [0.05, 0.1) is 5.56 Å². The van der Waals surface area contributed by atoms with E-state index in [1.807, 2.05) is 12.1 Å². The van der Waals surface area contributed by atoms with Crippen LogP contribution in [0.1, 0.15) is 27.9 Å². The van der Waals surface area contributed by atoms with Crippen LogP contribution in [0.15, 0.2) is 42.5 Å². The van der Waals surface area contributed by atoms with Crippen LogP contribution in [0.3, 0.4) is 0 Å². The molecule has 0 saturated carbocycles. The smallest absolute Gasteiger partial charge is 0.220 e. The van der Waals surface area contributed by atoms with Gasteiger partial charge >= 0.3 is 0 Å². The van der Waals surface area contributed by atoms with Crippen LogP contribution in [-0.2, 0) is 17.8 Å². The molecule has 0 atom stereocenters. The molecule has 1 amide bonds. The fourth-order valence-electron chi connectivity index (χ4n) is 2.00. The number of amides is 1. The zero-order valence-electron chi connectivity index (χ0n) is 11.9. The molecule has 2 rings (SSSR count). The minimum atomic E-state index is -0.0734. The van der Waals surface area contributed by atoms with Crippen molar-refractivity contribution in [1.82, 2.24) is 5.32 Å². The first kappa shape index (κ1) is 16.0. The van der Waals surface area contributed by atoms with Crippen LogP contribution in [-0.4, -0.2) is 17.3 Å². The summed E-state index contributed by atoms with van der Waals surface area (Å²) in [5, 5.41) is 12.9. The Morgan fingerprint density at radius 2 is 1.82 bits per heavy atom. The Bertz CT molecular complexity index is 668. The Morgan fingerprint density at radius 1 is 1.14 bits per heavy atom. The van der Waals surface area contributed by atoms with Crippen molar-refractivity contribution in [2.45, 2.75) is 19.4 Å².